The quantitative estimate of drug-likeness (QED) is 0.433. The van der Waals surface area contributed by atoms with E-state index in [1.54, 1.807) is 13.0 Å². The van der Waals surface area contributed by atoms with Gasteiger partial charge in [-0.2, -0.15) is 5.26 Å². The van der Waals surface area contributed by atoms with E-state index in [1.165, 1.54) is 7.11 Å². The third-order valence-electron chi connectivity index (χ3n) is 4.76. The third-order valence-corrected chi connectivity index (χ3v) is 4.76. The van der Waals surface area contributed by atoms with E-state index in [-0.39, 0.29) is 18.1 Å². The first-order valence-corrected chi connectivity index (χ1v) is 8.04. The van der Waals surface area contributed by atoms with Crippen LogP contribution in [-0.2, 0) is 27.5 Å². The predicted octanol–water partition coefficient (Wildman–Crippen LogP) is 4.04. The molecule has 0 radical (unpaired) electrons. The van der Waals surface area contributed by atoms with Crippen LogP contribution in [0.25, 0.3) is 0 Å². The van der Waals surface area contributed by atoms with Gasteiger partial charge >= 0.3 is 5.97 Å². The normalized spacial score (nSPS) is 21.2. The molecule has 1 saturated carbocycles. The summed E-state index contributed by atoms with van der Waals surface area (Å²) >= 11 is 0. The number of benzene rings is 1. The number of esters is 1. The predicted molar refractivity (Wildman–Crippen MR) is 87.0 cm³/mol. The van der Waals surface area contributed by atoms with Gasteiger partial charge in [-0.1, -0.05) is 19.9 Å². The Labute approximate surface area is 150 Å². The molecule has 0 unspecified atom stereocenters. The summed E-state index contributed by atoms with van der Waals surface area (Å²) in [5.41, 5.74) is -0.835. The molecule has 26 heavy (non-hydrogen) atoms. The van der Waals surface area contributed by atoms with Crippen LogP contribution in [-0.4, -0.2) is 13.1 Å². The number of nitrogens with zero attached hydrogens (tertiary/aromatic N) is 1. The number of methoxy groups -OCH3 is 1. The van der Waals surface area contributed by atoms with Crippen molar-refractivity contribution in [2.24, 2.45) is 17.3 Å². The van der Waals surface area contributed by atoms with Crippen LogP contribution in [0.3, 0.4) is 0 Å². The van der Waals surface area contributed by atoms with Crippen molar-refractivity contribution in [1.29, 1.82) is 5.26 Å². The number of hydrogen-bond donors (Lipinski definition) is 0. The Morgan fingerprint density at radius 2 is 1.96 bits per heavy atom. The van der Waals surface area contributed by atoms with E-state index >= 15 is 0 Å². The summed E-state index contributed by atoms with van der Waals surface area (Å²) < 4.78 is 51.7. The van der Waals surface area contributed by atoms with Crippen LogP contribution < -0.4 is 0 Å². The highest BCUT2D eigenvalue weighted by Crippen LogP contribution is 2.59. The van der Waals surface area contributed by atoms with Crippen molar-refractivity contribution in [2.75, 3.05) is 7.11 Å². The Balaban J connectivity index is 2.12. The van der Waals surface area contributed by atoms with E-state index in [2.05, 4.69) is 4.74 Å². The summed E-state index contributed by atoms with van der Waals surface area (Å²) in [7, 11) is 1.28. The van der Waals surface area contributed by atoms with Crippen LogP contribution in [0.2, 0.25) is 0 Å². The molecule has 4 nitrogen and oxygen atoms in total. The molecule has 0 amide bonds. The Bertz CT molecular complexity index is 796. The van der Waals surface area contributed by atoms with Crippen LogP contribution in [0.5, 0.6) is 0 Å². The summed E-state index contributed by atoms with van der Waals surface area (Å²) in [5.74, 6) is -4.97. The minimum atomic E-state index is -1.39. The van der Waals surface area contributed by atoms with Crippen LogP contribution in [0.15, 0.2) is 17.7 Å². The molecule has 2 rings (SSSR count). The van der Waals surface area contributed by atoms with Crippen LogP contribution in [0.1, 0.15) is 31.9 Å². The van der Waals surface area contributed by atoms with Crippen molar-refractivity contribution in [3.63, 3.8) is 0 Å². The zero-order chi connectivity index (χ0) is 19.6. The maximum Gasteiger partial charge on any atom is 0.310 e. The van der Waals surface area contributed by atoms with Gasteiger partial charge < -0.3 is 9.47 Å². The molecule has 0 spiro atoms. The van der Waals surface area contributed by atoms with E-state index in [4.69, 9.17) is 10.00 Å². The first-order valence-electron chi connectivity index (χ1n) is 8.04. The van der Waals surface area contributed by atoms with Crippen LogP contribution in [0.4, 0.5) is 13.2 Å². The first kappa shape index (κ1) is 20.0. The molecule has 1 aliphatic carbocycles. The summed E-state index contributed by atoms with van der Waals surface area (Å²) in [6.07, 6.45) is 1.69. The Kier molecular flexibility index (Phi) is 5.77. The molecule has 0 aromatic heterocycles. The molecule has 140 valence electrons. The first-order chi connectivity index (χ1) is 12.1. The van der Waals surface area contributed by atoms with Gasteiger partial charge in [0.25, 0.3) is 0 Å². The standard InChI is InChI=1S/C19H20F3NO3/c1-10(7-23)5-13-15(19(13,2)3)18(24)26-9-12-14(20)6-11(8-25-4)16(21)17(12)22/h5-6,13,15H,8-9H2,1-4H3/t13-,15+/m1/s1. The highest BCUT2D eigenvalue weighted by molar-refractivity contribution is 5.78. The van der Waals surface area contributed by atoms with Gasteiger partial charge in [-0.3, -0.25) is 4.79 Å². The van der Waals surface area contributed by atoms with E-state index < -0.39 is 46.9 Å². The third kappa shape index (κ3) is 3.75. The SMILES string of the molecule is COCc1cc(F)c(COC(=O)[C@@H]2[C@@H](C=C(C)C#N)C2(C)C)c(F)c1F. The second-order valence-corrected chi connectivity index (χ2v) is 6.95. The molecular formula is C19H20F3NO3. The lowest BCUT2D eigenvalue weighted by atomic mass is 10.1. The number of halogens is 3. The number of hydrogen-bond acceptors (Lipinski definition) is 4. The molecule has 0 aliphatic heterocycles. The summed E-state index contributed by atoms with van der Waals surface area (Å²) in [6.45, 7) is 4.32. The fourth-order valence-electron chi connectivity index (χ4n) is 3.05. The van der Waals surface area contributed by atoms with E-state index in [1.807, 2.05) is 19.9 Å². The Hall–Kier alpha value is -2.33. The highest BCUT2D eigenvalue weighted by atomic mass is 19.2. The van der Waals surface area contributed by atoms with Crippen LogP contribution in [0, 0.1) is 46.0 Å². The lowest BCUT2D eigenvalue weighted by Crippen LogP contribution is -2.13. The fourth-order valence-corrected chi connectivity index (χ4v) is 3.05. The minimum absolute atomic E-state index is 0.190. The molecule has 2 atom stereocenters. The van der Waals surface area contributed by atoms with Gasteiger partial charge in [0.2, 0.25) is 0 Å². The number of nitriles is 1. The van der Waals surface area contributed by atoms with E-state index in [0.717, 1.165) is 6.07 Å². The lowest BCUT2D eigenvalue weighted by Gasteiger charge is -2.11. The average Bonchev–Trinajstić information content (AvgIpc) is 3.12. The van der Waals surface area contributed by atoms with Crippen molar-refractivity contribution in [1.82, 2.24) is 0 Å². The van der Waals surface area contributed by atoms with Crippen molar-refractivity contribution < 1.29 is 27.4 Å². The second kappa shape index (κ2) is 7.50. The molecule has 0 N–H and O–H groups in total. The van der Waals surface area contributed by atoms with Gasteiger partial charge in [-0.25, -0.2) is 13.2 Å². The van der Waals surface area contributed by atoms with Gasteiger partial charge in [-0.05, 0) is 24.3 Å². The number of allylic oxidation sites excluding steroid dienone is 2. The molecule has 0 saturated heterocycles. The van der Waals surface area contributed by atoms with Crippen molar-refractivity contribution in [3.05, 3.63) is 46.3 Å². The molecule has 1 aromatic carbocycles. The Morgan fingerprint density at radius 1 is 1.31 bits per heavy atom. The molecule has 1 fully saturated rings. The van der Waals surface area contributed by atoms with Gasteiger partial charge in [0, 0.05) is 18.2 Å². The Morgan fingerprint density at radius 3 is 2.54 bits per heavy atom. The summed E-state index contributed by atoms with van der Waals surface area (Å²) in [5, 5.41) is 8.84. The van der Waals surface area contributed by atoms with Crippen molar-refractivity contribution in [3.8, 4) is 6.07 Å². The minimum Gasteiger partial charge on any atom is -0.460 e. The fraction of sp³-hybridized carbons (Fsp3) is 0.474. The van der Waals surface area contributed by atoms with Gasteiger partial charge in [0.15, 0.2) is 11.6 Å². The van der Waals surface area contributed by atoms with Crippen LogP contribution >= 0.6 is 0 Å². The van der Waals surface area contributed by atoms with E-state index in [0.29, 0.717) is 5.57 Å². The summed E-state index contributed by atoms with van der Waals surface area (Å²) in [4.78, 5) is 12.3. The van der Waals surface area contributed by atoms with Crippen molar-refractivity contribution in [2.45, 2.75) is 34.0 Å². The second-order valence-electron chi connectivity index (χ2n) is 6.95. The number of carbonyl (C=O) groups is 1. The maximum atomic E-state index is 14.1. The molecule has 1 aromatic rings. The average molecular weight is 367 g/mol. The zero-order valence-corrected chi connectivity index (χ0v) is 15.0. The smallest absolute Gasteiger partial charge is 0.310 e. The van der Waals surface area contributed by atoms with E-state index in [9.17, 15) is 18.0 Å². The van der Waals surface area contributed by atoms with Gasteiger partial charge in [-0.15, -0.1) is 0 Å². The zero-order valence-electron chi connectivity index (χ0n) is 15.0. The molecular weight excluding hydrogens is 347 g/mol. The van der Waals surface area contributed by atoms with Crippen molar-refractivity contribution >= 4 is 5.97 Å². The van der Waals surface area contributed by atoms with Gasteiger partial charge in [0.05, 0.1) is 24.2 Å². The molecule has 1 aliphatic rings. The number of ether oxygens (including phenoxy) is 2. The molecule has 7 heteroatoms. The lowest BCUT2D eigenvalue weighted by molar-refractivity contribution is -0.147. The maximum absolute atomic E-state index is 14.1. The number of carbonyl (C=O) groups excluding carboxylic acids is 1. The summed E-state index contributed by atoms with van der Waals surface area (Å²) in [6, 6.07) is 2.81. The molecule has 0 bridgehead atoms. The largest absolute Gasteiger partial charge is 0.460 e. The number of rotatable bonds is 6. The molecule has 0 heterocycles. The monoisotopic (exact) mass is 367 g/mol. The van der Waals surface area contributed by atoms with Gasteiger partial charge in [0.1, 0.15) is 12.4 Å². The highest BCUT2D eigenvalue weighted by Gasteiger charge is 2.61. The topological polar surface area (TPSA) is 59.3 Å².